The molecule has 1 saturated heterocycles. The number of anilines is 1. The second-order valence-corrected chi connectivity index (χ2v) is 9.32. The van der Waals surface area contributed by atoms with E-state index in [1.54, 1.807) is 18.7 Å². The maximum atomic E-state index is 13.0. The first-order valence-corrected chi connectivity index (χ1v) is 12.2. The molecule has 2 aromatic heterocycles. The molecule has 2 fully saturated rings. The molecule has 0 unspecified atom stereocenters. The van der Waals surface area contributed by atoms with Crippen molar-refractivity contribution in [3.63, 3.8) is 0 Å². The molecule has 0 radical (unpaired) electrons. The zero-order valence-electron chi connectivity index (χ0n) is 20.2. The molecule has 0 bridgehead atoms. The highest BCUT2D eigenvalue weighted by molar-refractivity contribution is 6.00. The van der Waals surface area contributed by atoms with Gasteiger partial charge in [0.05, 0.1) is 36.7 Å². The van der Waals surface area contributed by atoms with Crippen LogP contribution >= 0.6 is 0 Å². The van der Waals surface area contributed by atoms with Crippen LogP contribution < -0.4 is 10.6 Å². The number of nitrogens with zero attached hydrogens (tertiary/aromatic N) is 5. The number of fused-ring (bicyclic) bond motifs is 2. The zero-order valence-corrected chi connectivity index (χ0v) is 20.2. The third-order valence-electron chi connectivity index (χ3n) is 7.33. The van der Waals surface area contributed by atoms with E-state index in [1.807, 2.05) is 30.6 Å². The van der Waals surface area contributed by atoms with Crippen LogP contribution in [0.1, 0.15) is 35.7 Å². The SMILES string of the molecule is CNc1cc(-c2cnc3n([C@@H]4CCOC[C@H]4OC)cccc2-3)nc2c(C(=O)N[C@H]3CC[C@H]3O)cnn12. The Hall–Kier alpha value is -3.54. The average molecular weight is 492 g/mol. The zero-order chi connectivity index (χ0) is 24.8. The molecule has 3 N–H and O–H groups in total. The Bertz CT molecular complexity index is 1380. The van der Waals surface area contributed by atoms with Crippen molar-refractivity contribution in [3.8, 4) is 22.6 Å². The van der Waals surface area contributed by atoms with E-state index in [2.05, 4.69) is 20.3 Å². The number of carbonyl (C=O) groups excluding carboxylic acids is 1. The largest absolute Gasteiger partial charge is 0.391 e. The quantitative estimate of drug-likeness (QED) is 0.374. The van der Waals surface area contributed by atoms with Gasteiger partial charge in [-0.15, -0.1) is 0 Å². The lowest BCUT2D eigenvalue weighted by atomic mass is 9.89. The van der Waals surface area contributed by atoms with Gasteiger partial charge in [-0.3, -0.25) is 4.79 Å². The predicted octanol–water partition coefficient (Wildman–Crippen LogP) is 1.97. The van der Waals surface area contributed by atoms with Crippen molar-refractivity contribution in [1.82, 2.24) is 29.5 Å². The minimum atomic E-state index is -0.505. The molecule has 188 valence electrons. The van der Waals surface area contributed by atoms with Gasteiger partial charge in [0, 0.05) is 50.4 Å². The molecule has 0 spiro atoms. The molecule has 2 aromatic rings. The molecule has 0 aromatic carbocycles. The molecule has 11 heteroatoms. The van der Waals surface area contributed by atoms with E-state index in [9.17, 15) is 9.90 Å². The molecule has 3 aliphatic heterocycles. The van der Waals surface area contributed by atoms with Gasteiger partial charge in [-0.05, 0) is 31.4 Å². The molecule has 11 nitrogen and oxygen atoms in total. The summed E-state index contributed by atoms with van der Waals surface area (Å²) in [4.78, 5) is 22.6. The number of nitrogens with one attached hydrogen (secondary N) is 2. The van der Waals surface area contributed by atoms with Crippen LogP contribution in [0.2, 0.25) is 0 Å². The number of hydrogen-bond acceptors (Lipinski definition) is 8. The Morgan fingerprint density at radius 3 is 2.89 bits per heavy atom. The van der Waals surface area contributed by atoms with Crippen LogP contribution in [0, 0.1) is 0 Å². The van der Waals surface area contributed by atoms with E-state index in [4.69, 9.17) is 19.4 Å². The van der Waals surface area contributed by atoms with Crippen molar-refractivity contribution < 1.29 is 19.4 Å². The van der Waals surface area contributed by atoms with E-state index in [0.717, 1.165) is 29.8 Å². The second-order valence-electron chi connectivity index (χ2n) is 9.32. The summed E-state index contributed by atoms with van der Waals surface area (Å²) in [5, 5.41) is 20.3. The van der Waals surface area contributed by atoms with Gasteiger partial charge in [0.2, 0.25) is 0 Å². The Morgan fingerprint density at radius 1 is 1.25 bits per heavy atom. The predicted molar refractivity (Wildman–Crippen MR) is 132 cm³/mol. The van der Waals surface area contributed by atoms with Crippen LogP contribution in [0.25, 0.3) is 28.3 Å². The summed E-state index contributed by atoms with van der Waals surface area (Å²) in [6.45, 7) is 1.22. The average Bonchev–Trinajstić information content (AvgIpc) is 3.54. The molecular formula is C25H29N7O4. The minimum Gasteiger partial charge on any atom is -0.391 e. The smallest absolute Gasteiger partial charge is 0.257 e. The first-order valence-electron chi connectivity index (χ1n) is 12.2. The van der Waals surface area contributed by atoms with Crippen LogP contribution in [0.4, 0.5) is 5.82 Å². The van der Waals surface area contributed by atoms with Crippen LogP contribution in [0.3, 0.4) is 0 Å². The number of aliphatic hydroxyl groups excluding tert-OH is 1. The molecule has 1 amide bonds. The Morgan fingerprint density at radius 2 is 2.14 bits per heavy atom. The standard InChI is InChI=1S/C25H29N7O4/c1-26-22-10-18(29-24-16(12-28-32(22)24)25(34)30-17-5-6-20(17)33)15-11-27-23-14(15)4-3-8-31(23)19-7-9-36-13-21(19)35-2/h3-4,8,10-12,17,19-21,26,33H,5-7,9,13H2,1-2H3,(H,30,34)/t17-,19+,20+,21+/m0/s1. The maximum Gasteiger partial charge on any atom is 0.257 e. The fourth-order valence-electron chi connectivity index (χ4n) is 5.11. The number of aliphatic hydroxyl groups is 1. The molecule has 1 saturated carbocycles. The van der Waals surface area contributed by atoms with Gasteiger partial charge < -0.3 is 29.8 Å². The Kier molecular flexibility index (Phi) is 5.82. The number of methoxy groups -OCH3 is 1. The summed E-state index contributed by atoms with van der Waals surface area (Å²) in [5.74, 6) is 1.24. The van der Waals surface area contributed by atoms with E-state index in [1.165, 1.54) is 6.20 Å². The van der Waals surface area contributed by atoms with Crippen molar-refractivity contribution in [2.45, 2.75) is 43.6 Å². The van der Waals surface area contributed by atoms with E-state index in [0.29, 0.717) is 42.4 Å². The molecule has 4 atom stereocenters. The van der Waals surface area contributed by atoms with E-state index >= 15 is 0 Å². The summed E-state index contributed by atoms with van der Waals surface area (Å²) in [6, 6.07) is 5.82. The molecule has 36 heavy (non-hydrogen) atoms. The van der Waals surface area contributed by atoms with Gasteiger partial charge in [0.15, 0.2) is 5.65 Å². The van der Waals surface area contributed by atoms with Gasteiger partial charge in [0.1, 0.15) is 23.3 Å². The van der Waals surface area contributed by atoms with Crippen LogP contribution in [0.5, 0.6) is 0 Å². The minimum absolute atomic E-state index is 0.0538. The highest BCUT2D eigenvalue weighted by atomic mass is 16.5. The lowest BCUT2D eigenvalue weighted by Crippen LogP contribution is -2.50. The maximum absolute atomic E-state index is 13.0. The van der Waals surface area contributed by atoms with Crippen molar-refractivity contribution >= 4 is 17.4 Å². The van der Waals surface area contributed by atoms with Crippen molar-refractivity contribution in [2.24, 2.45) is 0 Å². The van der Waals surface area contributed by atoms with Crippen molar-refractivity contribution in [2.75, 3.05) is 32.7 Å². The molecular weight excluding hydrogens is 462 g/mol. The van der Waals surface area contributed by atoms with Gasteiger partial charge in [0.25, 0.3) is 5.91 Å². The number of amides is 1. The third kappa shape index (κ3) is 3.71. The van der Waals surface area contributed by atoms with Crippen molar-refractivity contribution in [1.29, 1.82) is 0 Å². The number of rotatable bonds is 6. The molecule has 6 rings (SSSR count). The first kappa shape index (κ1) is 22.9. The van der Waals surface area contributed by atoms with Gasteiger partial charge in [-0.25, -0.2) is 9.97 Å². The summed E-state index contributed by atoms with van der Waals surface area (Å²) in [6.07, 6.45) is 7.10. The number of pyridine rings is 1. The molecule has 4 aliphatic rings. The van der Waals surface area contributed by atoms with Gasteiger partial charge in [-0.1, -0.05) is 0 Å². The summed E-state index contributed by atoms with van der Waals surface area (Å²) in [5.41, 5.74) is 3.30. The Labute approximate surface area is 207 Å². The number of ether oxygens (including phenoxy) is 2. The summed E-state index contributed by atoms with van der Waals surface area (Å²) in [7, 11) is 3.51. The highest BCUT2D eigenvalue weighted by Gasteiger charge is 2.32. The van der Waals surface area contributed by atoms with Crippen molar-refractivity contribution in [3.05, 3.63) is 42.4 Å². The van der Waals surface area contributed by atoms with E-state index in [-0.39, 0.29) is 24.1 Å². The molecule has 1 aliphatic carbocycles. The number of carbonyl (C=O) groups is 1. The first-order chi connectivity index (χ1) is 17.6. The molecule has 5 heterocycles. The van der Waals surface area contributed by atoms with Gasteiger partial charge in [-0.2, -0.15) is 9.61 Å². The number of hydrogen-bond donors (Lipinski definition) is 3. The van der Waals surface area contributed by atoms with Crippen LogP contribution in [-0.4, -0.2) is 80.8 Å². The lowest BCUT2D eigenvalue weighted by molar-refractivity contribution is -0.0600. The Balaban J connectivity index is 1.39. The topological polar surface area (TPSA) is 128 Å². The fraction of sp³-hybridized carbons (Fsp3) is 0.440. The summed E-state index contributed by atoms with van der Waals surface area (Å²) >= 11 is 0. The van der Waals surface area contributed by atoms with Crippen LogP contribution in [0.15, 0.2) is 36.8 Å². The van der Waals surface area contributed by atoms with Gasteiger partial charge >= 0.3 is 0 Å². The monoisotopic (exact) mass is 491 g/mol. The highest BCUT2D eigenvalue weighted by Crippen LogP contribution is 2.37. The normalized spacial score (nSPS) is 24.1. The van der Waals surface area contributed by atoms with Crippen LogP contribution in [-0.2, 0) is 9.47 Å². The third-order valence-corrected chi connectivity index (χ3v) is 7.33. The lowest BCUT2D eigenvalue weighted by Gasteiger charge is -2.33. The number of aromatic nitrogens is 5. The fourth-order valence-corrected chi connectivity index (χ4v) is 5.11. The summed E-state index contributed by atoms with van der Waals surface area (Å²) < 4.78 is 15.1. The second kappa shape index (κ2) is 9.16. The van der Waals surface area contributed by atoms with E-state index < -0.39 is 6.10 Å².